The molecule has 172 valence electrons. The van der Waals surface area contributed by atoms with Gasteiger partial charge in [-0.25, -0.2) is 0 Å². The van der Waals surface area contributed by atoms with E-state index in [1.54, 1.807) is 11.1 Å². The Morgan fingerprint density at radius 3 is 2.65 bits per heavy atom. The number of hydrogen-bond donors (Lipinski definition) is 1. The number of rotatable bonds is 6. The van der Waals surface area contributed by atoms with Crippen LogP contribution in [0.3, 0.4) is 0 Å². The van der Waals surface area contributed by atoms with Gasteiger partial charge >= 0.3 is 5.97 Å². The number of H-pyrrole nitrogens is 1. The maximum absolute atomic E-state index is 12.3. The number of esters is 1. The van der Waals surface area contributed by atoms with E-state index in [0.717, 1.165) is 39.8 Å². The van der Waals surface area contributed by atoms with Crippen LogP contribution in [-0.2, 0) is 20.7 Å². The van der Waals surface area contributed by atoms with Gasteiger partial charge in [-0.3, -0.25) is 14.6 Å². The van der Waals surface area contributed by atoms with Crippen molar-refractivity contribution in [2.45, 2.75) is 25.3 Å². The molecule has 2 aromatic heterocycles. The molecular formula is C27H25N3O4. The smallest absolute Gasteiger partial charge is 0.309 e. The highest BCUT2D eigenvalue weighted by atomic mass is 16.5. The van der Waals surface area contributed by atoms with Crippen LogP contribution in [-0.4, -0.2) is 40.9 Å². The maximum Gasteiger partial charge on any atom is 0.309 e. The molecule has 1 aliphatic rings. The van der Waals surface area contributed by atoms with Gasteiger partial charge in [-0.2, -0.15) is 0 Å². The Morgan fingerprint density at radius 2 is 1.97 bits per heavy atom. The number of aromatic nitrogens is 2. The summed E-state index contributed by atoms with van der Waals surface area (Å²) >= 11 is 0. The molecule has 0 saturated carbocycles. The van der Waals surface area contributed by atoms with Crippen molar-refractivity contribution < 1.29 is 19.1 Å². The number of fused-ring (bicyclic) bond motifs is 1. The minimum Gasteiger partial charge on any atom is -0.469 e. The van der Waals surface area contributed by atoms with Crippen molar-refractivity contribution in [1.29, 1.82) is 0 Å². The van der Waals surface area contributed by atoms with Crippen molar-refractivity contribution in [1.82, 2.24) is 14.9 Å². The highest BCUT2D eigenvalue weighted by Gasteiger charge is 2.31. The molecule has 1 unspecified atom stereocenters. The third-order valence-electron chi connectivity index (χ3n) is 6.27. The first kappa shape index (κ1) is 21.7. The second-order valence-corrected chi connectivity index (χ2v) is 8.43. The number of amides is 1. The molecule has 0 spiro atoms. The third kappa shape index (κ3) is 4.24. The summed E-state index contributed by atoms with van der Waals surface area (Å²) in [4.78, 5) is 33.5. The second-order valence-electron chi connectivity index (χ2n) is 8.43. The predicted molar refractivity (Wildman–Crippen MR) is 129 cm³/mol. The lowest BCUT2D eigenvalue weighted by atomic mass is 10.0. The van der Waals surface area contributed by atoms with E-state index in [1.807, 2.05) is 55.6 Å². The topological polar surface area (TPSA) is 84.5 Å². The molecule has 3 heterocycles. The van der Waals surface area contributed by atoms with E-state index in [2.05, 4.69) is 22.1 Å². The summed E-state index contributed by atoms with van der Waals surface area (Å²) in [5, 5.41) is 0.994. The number of ether oxygens (including phenoxy) is 2. The van der Waals surface area contributed by atoms with Crippen molar-refractivity contribution in [3.05, 3.63) is 78.0 Å². The summed E-state index contributed by atoms with van der Waals surface area (Å²) in [6.45, 7) is 0. The first-order chi connectivity index (χ1) is 16.5. The minimum atomic E-state index is -0.286. The molecular weight excluding hydrogens is 430 g/mol. The Morgan fingerprint density at radius 1 is 1.15 bits per heavy atom. The van der Waals surface area contributed by atoms with Crippen LogP contribution < -0.4 is 4.74 Å². The SMILES string of the molecule is COC(=O)Cc1ccc(Oc2cc3cc(-c4ccccn4)[nH]c3cc2C2CCC(=O)N2C)cc1. The van der Waals surface area contributed by atoms with Gasteiger partial charge in [0.25, 0.3) is 0 Å². The van der Waals surface area contributed by atoms with E-state index in [-0.39, 0.29) is 24.3 Å². The molecule has 1 N–H and O–H groups in total. The van der Waals surface area contributed by atoms with E-state index in [1.165, 1.54) is 7.11 Å². The number of aromatic amines is 1. The number of methoxy groups -OCH3 is 1. The number of benzene rings is 2. The van der Waals surface area contributed by atoms with Gasteiger partial charge in [0.2, 0.25) is 5.91 Å². The van der Waals surface area contributed by atoms with Crippen molar-refractivity contribution in [2.24, 2.45) is 0 Å². The molecule has 1 atom stereocenters. The molecule has 0 radical (unpaired) electrons. The summed E-state index contributed by atoms with van der Waals surface area (Å²) < 4.78 is 11.1. The number of likely N-dealkylation sites (tertiary alicyclic amines) is 1. The molecule has 2 aromatic carbocycles. The second kappa shape index (κ2) is 9.02. The molecule has 1 amide bonds. The normalized spacial score (nSPS) is 15.6. The number of nitrogens with one attached hydrogen (secondary N) is 1. The van der Waals surface area contributed by atoms with Gasteiger partial charge in [-0.15, -0.1) is 0 Å². The van der Waals surface area contributed by atoms with Crippen LogP contribution in [0.4, 0.5) is 0 Å². The molecule has 0 bridgehead atoms. The zero-order valence-electron chi connectivity index (χ0n) is 19.1. The number of pyridine rings is 1. The Labute approximate surface area is 197 Å². The lowest BCUT2D eigenvalue weighted by Gasteiger charge is -2.23. The van der Waals surface area contributed by atoms with Gasteiger partial charge in [0.15, 0.2) is 0 Å². The molecule has 34 heavy (non-hydrogen) atoms. The van der Waals surface area contributed by atoms with Crippen LogP contribution in [0.25, 0.3) is 22.3 Å². The molecule has 5 rings (SSSR count). The van der Waals surface area contributed by atoms with Crippen LogP contribution in [0.1, 0.15) is 30.0 Å². The third-order valence-corrected chi connectivity index (χ3v) is 6.27. The molecule has 4 aromatic rings. The lowest BCUT2D eigenvalue weighted by molar-refractivity contribution is -0.139. The van der Waals surface area contributed by atoms with E-state index < -0.39 is 0 Å². The summed E-state index contributed by atoms with van der Waals surface area (Å²) in [5.74, 6) is 1.20. The summed E-state index contributed by atoms with van der Waals surface area (Å²) in [6, 6.07) is 19.3. The summed E-state index contributed by atoms with van der Waals surface area (Å²) in [5.41, 5.74) is 4.54. The highest BCUT2D eigenvalue weighted by molar-refractivity contribution is 5.88. The summed E-state index contributed by atoms with van der Waals surface area (Å²) in [6.07, 6.45) is 3.24. The molecule has 0 aliphatic carbocycles. The maximum atomic E-state index is 12.3. The molecule has 1 aliphatic heterocycles. The zero-order valence-corrected chi connectivity index (χ0v) is 19.1. The fourth-order valence-corrected chi connectivity index (χ4v) is 4.39. The van der Waals surface area contributed by atoms with Gasteiger partial charge in [0, 0.05) is 36.1 Å². The van der Waals surface area contributed by atoms with E-state index in [9.17, 15) is 9.59 Å². The first-order valence-electron chi connectivity index (χ1n) is 11.2. The average molecular weight is 456 g/mol. The fraction of sp³-hybridized carbons (Fsp3) is 0.222. The molecule has 7 heteroatoms. The van der Waals surface area contributed by atoms with E-state index in [0.29, 0.717) is 17.9 Å². The van der Waals surface area contributed by atoms with Crippen molar-refractivity contribution in [3.63, 3.8) is 0 Å². The lowest BCUT2D eigenvalue weighted by Crippen LogP contribution is -2.22. The van der Waals surface area contributed by atoms with Crippen LogP contribution in [0.15, 0.2) is 66.9 Å². The Bertz CT molecular complexity index is 1350. The van der Waals surface area contributed by atoms with Crippen molar-refractivity contribution in [3.8, 4) is 22.9 Å². The standard InChI is InChI=1S/C27H25N3O4/c1-30-24(10-11-26(30)31)20-16-22-18(14-23(29-22)21-5-3-4-12-28-21)15-25(20)34-19-8-6-17(7-9-19)13-27(32)33-2/h3-9,12,14-16,24,29H,10-11,13H2,1-2H3. The Kier molecular flexibility index (Phi) is 5.76. The average Bonchev–Trinajstić information content (AvgIpc) is 3.43. The predicted octanol–water partition coefficient (Wildman–Crippen LogP) is 5.03. The first-order valence-corrected chi connectivity index (χ1v) is 11.2. The number of hydrogen-bond acceptors (Lipinski definition) is 5. The van der Waals surface area contributed by atoms with Crippen LogP contribution >= 0.6 is 0 Å². The molecule has 1 fully saturated rings. The largest absolute Gasteiger partial charge is 0.469 e. The monoisotopic (exact) mass is 455 g/mol. The number of carbonyl (C=O) groups is 2. The van der Waals surface area contributed by atoms with Crippen LogP contribution in [0, 0.1) is 0 Å². The quantitative estimate of drug-likeness (QED) is 0.412. The minimum absolute atomic E-state index is 0.0629. The van der Waals surface area contributed by atoms with Crippen LogP contribution in [0.2, 0.25) is 0 Å². The van der Waals surface area contributed by atoms with Crippen molar-refractivity contribution >= 4 is 22.8 Å². The van der Waals surface area contributed by atoms with Gasteiger partial charge in [0.1, 0.15) is 11.5 Å². The fourth-order valence-electron chi connectivity index (χ4n) is 4.39. The Hall–Kier alpha value is -4.13. The van der Waals surface area contributed by atoms with E-state index in [4.69, 9.17) is 9.47 Å². The molecule has 1 saturated heterocycles. The van der Waals surface area contributed by atoms with E-state index >= 15 is 0 Å². The zero-order chi connectivity index (χ0) is 23.7. The van der Waals surface area contributed by atoms with Gasteiger partial charge in [-0.05, 0) is 54.4 Å². The van der Waals surface area contributed by atoms with Gasteiger partial charge in [-0.1, -0.05) is 18.2 Å². The van der Waals surface area contributed by atoms with Gasteiger partial charge < -0.3 is 19.4 Å². The van der Waals surface area contributed by atoms with Crippen LogP contribution in [0.5, 0.6) is 11.5 Å². The number of nitrogens with zero attached hydrogens (tertiary/aromatic N) is 2. The Balaban J connectivity index is 1.52. The van der Waals surface area contributed by atoms with Crippen molar-refractivity contribution in [2.75, 3.05) is 14.2 Å². The summed E-state index contributed by atoms with van der Waals surface area (Å²) in [7, 11) is 3.21. The molecule has 7 nitrogen and oxygen atoms in total. The van der Waals surface area contributed by atoms with Gasteiger partial charge in [0.05, 0.1) is 31.0 Å². The highest BCUT2D eigenvalue weighted by Crippen LogP contribution is 2.41. The number of carbonyl (C=O) groups excluding carboxylic acids is 2.